The Labute approximate surface area is 200 Å². The molecule has 8 nitrogen and oxygen atoms in total. The Morgan fingerprint density at radius 3 is 2.29 bits per heavy atom. The van der Waals surface area contributed by atoms with E-state index in [0.29, 0.717) is 24.3 Å². The molecule has 1 aliphatic heterocycles. The number of benzene rings is 1. The van der Waals surface area contributed by atoms with Crippen LogP contribution in [0.1, 0.15) is 87.2 Å². The van der Waals surface area contributed by atoms with Gasteiger partial charge in [0, 0.05) is 41.6 Å². The van der Waals surface area contributed by atoms with E-state index >= 15 is 0 Å². The molecule has 2 aromatic rings. The maximum atomic E-state index is 12.8. The molecule has 4 amide bonds. The van der Waals surface area contributed by atoms with Crippen LogP contribution in [0.3, 0.4) is 0 Å². The first-order valence-corrected chi connectivity index (χ1v) is 12.9. The number of nitrogens with zero attached hydrogens (tertiary/aromatic N) is 1. The number of rotatable bonds is 5. The second kappa shape index (κ2) is 10.1. The average molecular weight is 466 g/mol. The first-order chi connectivity index (χ1) is 16.6. The maximum absolute atomic E-state index is 12.8. The Balaban J connectivity index is 1.29. The molecule has 2 fully saturated rings. The fourth-order valence-corrected chi connectivity index (χ4v) is 5.79. The zero-order valence-corrected chi connectivity index (χ0v) is 19.7. The van der Waals surface area contributed by atoms with Crippen LogP contribution in [0.25, 0.3) is 10.9 Å². The Bertz CT molecular complexity index is 1070. The molecule has 4 N–H and O–H groups in total. The minimum atomic E-state index is -0.190. The average Bonchev–Trinajstić information content (AvgIpc) is 3.22. The standard InChI is InChI=1S/C26H35N5O3/c32-24(28-18-7-3-1-4-8-18)15-21-16-27-25(33)23-14-17-13-20(11-12-22(17)31(21)23)30-26(34)29-19-9-5-2-6-10-19/h11-14,18-19,21H,1-10,15-16H2,(H,27,33)(H,28,32)(H2,29,30,34). The van der Waals surface area contributed by atoms with E-state index in [-0.39, 0.29) is 36.0 Å². The number of carbonyl (C=O) groups excluding carboxylic acids is 3. The topological polar surface area (TPSA) is 104 Å². The van der Waals surface area contributed by atoms with Gasteiger partial charge in [0.2, 0.25) is 5.91 Å². The molecule has 1 aromatic heterocycles. The molecule has 0 radical (unpaired) electrons. The Morgan fingerprint density at radius 2 is 1.59 bits per heavy atom. The molecule has 2 aliphatic carbocycles. The third-order valence-electron chi connectivity index (χ3n) is 7.52. The minimum Gasteiger partial charge on any atom is -0.353 e. The summed E-state index contributed by atoms with van der Waals surface area (Å²) in [5.41, 5.74) is 2.15. The number of carbonyl (C=O) groups is 3. The van der Waals surface area contributed by atoms with Crippen LogP contribution in [0.5, 0.6) is 0 Å². The van der Waals surface area contributed by atoms with Crippen LogP contribution < -0.4 is 21.3 Å². The molecule has 1 unspecified atom stereocenters. The summed E-state index contributed by atoms with van der Waals surface area (Å²) in [6.07, 6.45) is 11.7. The number of fused-ring (bicyclic) bond motifs is 3. The SMILES string of the molecule is O=C(CC1CNC(=O)c2cc3cc(NC(=O)NC4CCCCC4)ccc3n21)NC1CCCCC1. The molecule has 0 bridgehead atoms. The number of aromatic nitrogens is 1. The van der Waals surface area contributed by atoms with Gasteiger partial charge in [0.15, 0.2) is 0 Å². The summed E-state index contributed by atoms with van der Waals surface area (Å²) < 4.78 is 1.99. The zero-order valence-electron chi connectivity index (χ0n) is 19.7. The summed E-state index contributed by atoms with van der Waals surface area (Å²) in [6, 6.07) is 7.72. The second-order valence-electron chi connectivity index (χ2n) is 10.1. The van der Waals surface area contributed by atoms with Crippen LogP contribution in [0.2, 0.25) is 0 Å². The highest BCUT2D eigenvalue weighted by Crippen LogP contribution is 2.30. The number of hydrogen-bond acceptors (Lipinski definition) is 3. The van der Waals surface area contributed by atoms with Gasteiger partial charge in [-0.2, -0.15) is 0 Å². The monoisotopic (exact) mass is 465 g/mol. The number of hydrogen-bond donors (Lipinski definition) is 4. The van der Waals surface area contributed by atoms with Gasteiger partial charge < -0.3 is 25.8 Å². The van der Waals surface area contributed by atoms with E-state index in [1.54, 1.807) is 0 Å². The first kappa shape index (κ1) is 22.7. The van der Waals surface area contributed by atoms with Crippen LogP contribution in [0, 0.1) is 0 Å². The lowest BCUT2D eigenvalue weighted by Gasteiger charge is -2.28. The quantitative estimate of drug-likeness (QED) is 0.531. The maximum Gasteiger partial charge on any atom is 0.319 e. The second-order valence-corrected chi connectivity index (χ2v) is 10.1. The fraction of sp³-hybridized carbons (Fsp3) is 0.577. The summed E-state index contributed by atoms with van der Waals surface area (Å²) in [7, 11) is 0. The summed E-state index contributed by atoms with van der Waals surface area (Å²) in [4.78, 5) is 37.8. The summed E-state index contributed by atoms with van der Waals surface area (Å²) in [5, 5.41) is 13.0. The molecular weight excluding hydrogens is 430 g/mol. The van der Waals surface area contributed by atoms with Gasteiger partial charge in [0.25, 0.3) is 5.91 Å². The van der Waals surface area contributed by atoms with Gasteiger partial charge in [-0.25, -0.2) is 4.79 Å². The van der Waals surface area contributed by atoms with E-state index < -0.39 is 0 Å². The van der Waals surface area contributed by atoms with E-state index in [1.165, 1.54) is 25.7 Å². The van der Waals surface area contributed by atoms with Gasteiger partial charge in [-0.1, -0.05) is 38.5 Å². The van der Waals surface area contributed by atoms with E-state index in [4.69, 9.17) is 0 Å². The first-order valence-electron chi connectivity index (χ1n) is 12.9. The van der Waals surface area contributed by atoms with E-state index in [9.17, 15) is 14.4 Å². The molecule has 34 heavy (non-hydrogen) atoms. The number of urea groups is 1. The zero-order chi connectivity index (χ0) is 23.5. The van der Waals surface area contributed by atoms with Crippen molar-refractivity contribution in [3.63, 3.8) is 0 Å². The van der Waals surface area contributed by atoms with Crippen LogP contribution in [0.4, 0.5) is 10.5 Å². The van der Waals surface area contributed by atoms with Crippen molar-refractivity contribution in [2.75, 3.05) is 11.9 Å². The molecule has 0 spiro atoms. The van der Waals surface area contributed by atoms with Crippen molar-refractivity contribution in [2.45, 2.75) is 88.8 Å². The molecule has 1 aromatic carbocycles. The highest BCUT2D eigenvalue weighted by Gasteiger charge is 2.29. The highest BCUT2D eigenvalue weighted by atomic mass is 16.2. The summed E-state index contributed by atoms with van der Waals surface area (Å²) in [5.74, 6) is -0.0943. The van der Waals surface area contributed by atoms with Crippen molar-refractivity contribution in [1.29, 1.82) is 0 Å². The molecule has 2 saturated carbocycles. The van der Waals surface area contributed by atoms with Crippen LogP contribution in [-0.4, -0.2) is 41.0 Å². The lowest BCUT2D eigenvalue weighted by Crippen LogP contribution is -2.42. The van der Waals surface area contributed by atoms with Crippen LogP contribution in [0.15, 0.2) is 24.3 Å². The molecular formula is C26H35N5O3. The molecule has 0 saturated heterocycles. The van der Waals surface area contributed by atoms with Gasteiger partial charge in [-0.05, 0) is 49.9 Å². The minimum absolute atomic E-state index is 0.0403. The third kappa shape index (κ3) is 5.05. The van der Waals surface area contributed by atoms with E-state index in [2.05, 4.69) is 21.3 Å². The molecule has 8 heteroatoms. The van der Waals surface area contributed by atoms with Crippen molar-refractivity contribution in [1.82, 2.24) is 20.5 Å². The Hall–Kier alpha value is -3.03. The van der Waals surface area contributed by atoms with Crippen molar-refractivity contribution < 1.29 is 14.4 Å². The number of anilines is 1. The molecule has 1 atom stereocenters. The molecule has 182 valence electrons. The van der Waals surface area contributed by atoms with Gasteiger partial charge in [0.1, 0.15) is 5.69 Å². The van der Waals surface area contributed by atoms with E-state index in [0.717, 1.165) is 49.4 Å². The van der Waals surface area contributed by atoms with Gasteiger partial charge in [0.05, 0.1) is 6.04 Å². The van der Waals surface area contributed by atoms with Crippen molar-refractivity contribution in [3.05, 3.63) is 30.0 Å². The van der Waals surface area contributed by atoms with Crippen LogP contribution in [-0.2, 0) is 4.79 Å². The largest absolute Gasteiger partial charge is 0.353 e. The van der Waals surface area contributed by atoms with Crippen LogP contribution >= 0.6 is 0 Å². The van der Waals surface area contributed by atoms with Gasteiger partial charge >= 0.3 is 6.03 Å². The third-order valence-corrected chi connectivity index (χ3v) is 7.52. The summed E-state index contributed by atoms with van der Waals surface area (Å²) in [6.45, 7) is 0.428. The Kier molecular flexibility index (Phi) is 6.74. The van der Waals surface area contributed by atoms with E-state index in [1.807, 2.05) is 28.8 Å². The number of amides is 4. The molecule has 5 rings (SSSR count). The predicted octanol–water partition coefficient (Wildman–Crippen LogP) is 4.22. The normalized spacial score (nSPS) is 21.5. The van der Waals surface area contributed by atoms with Crippen molar-refractivity contribution in [2.24, 2.45) is 0 Å². The highest BCUT2D eigenvalue weighted by molar-refractivity contribution is 6.01. The van der Waals surface area contributed by atoms with Crippen molar-refractivity contribution in [3.8, 4) is 0 Å². The van der Waals surface area contributed by atoms with Crippen molar-refractivity contribution >= 4 is 34.4 Å². The molecule has 2 heterocycles. The lowest BCUT2D eigenvalue weighted by molar-refractivity contribution is -0.122. The predicted molar refractivity (Wildman–Crippen MR) is 132 cm³/mol. The van der Waals surface area contributed by atoms with Gasteiger partial charge in [-0.3, -0.25) is 9.59 Å². The van der Waals surface area contributed by atoms with Gasteiger partial charge in [-0.15, -0.1) is 0 Å². The fourth-order valence-electron chi connectivity index (χ4n) is 5.79. The number of nitrogens with one attached hydrogen (secondary N) is 4. The lowest BCUT2D eigenvalue weighted by atomic mass is 9.95. The molecule has 3 aliphatic rings. The smallest absolute Gasteiger partial charge is 0.319 e. The summed E-state index contributed by atoms with van der Waals surface area (Å²) >= 11 is 0. The Morgan fingerprint density at radius 1 is 0.912 bits per heavy atom.